The maximum atomic E-state index is 12.5. The number of nitrogens with zero attached hydrogens (tertiary/aromatic N) is 3. The van der Waals surface area contributed by atoms with Crippen LogP contribution in [0.2, 0.25) is 0 Å². The molecule has 0 saturated heterocycles. The normalized spacial score (nSPS) is 17.5. The van der Waals surface area contributed by atoms with E-state index in [1.165, 1.54) is 12.0 Å². The van der Waals surface area contributed by atoms with Crippen LogP contribution in [0.25, 0.3) is 22.4 Å². The Labute approximate surface area is 177 Å². The predicted octanol–water partition coefficient (Wildman–Crippen LogP) is 4.76. The lowest BCUT2D eigenvalue weighted by molar-refractivity contribution is 0.211. The minimum Gasteiger partial charge on any atom is -0.321 e. The monoisotopic (exact) mass is 398 g/mol. The molecule has 1 aliphatic carbocycles. The number of carbonyl (C=O) groups is 1. The molecule has 5 rings (SSSR count). The topological polar surface area (TPSA) is 62.5 Å². The predicted molar refractivity (Wildman–Crippen MR) is 120 cm³/mol. The molecular formula is C25H26N4O. The number of fused-ring (bicyclic) bond motifs is 1. The summed E-state index contributed by atoms with van der Waals surface area (Å²) in [5, 5.41) is 0. The van der Waals surface area contributed by atoms with Crippen molar-refractivity contribution in [3.63, 3.8) is 0 Å². The highest BCUT2D eigenvalue weighted by atomic mass is 16.2. The lowest BCUT2D eigenvalue weighted by Crippen LogP contribution is -2.43. The second kappa shape index (κ2) is 6.96. The molecule has 5 heteroatoms. The molecule has 1 fully saturated rings. The van der Waals surface area contributed by atoms with E-state index >= 15 is 0 Å². The largest absolute Gasteiger partial charge is 0.324 e. The second-order valence-electron chi connectivity index (χ2n) is 8.50. The first-order valence-corrected chi connectivity index (χ1v) is 10.4. The van der Waals surface area contributed by atoms with Crippen LogP contribution in [-0.4, -0.2) is 30.0 Å². The fraction of sp³-hybridized carbons (Fsp3) is 0.280. The van der Waals surface area contributed by atoms with E-state index in [1.807, 2.05) is 25.2 Å². The highest BCUT2D eigenvalue weighted by Gasteiger charge is 2.34. The van der Waals surface area contributed by atoms with Gasteiger partial charge >= 0.3 is 6.03 Å². The van der Waals surface area contributed by atoms with Crippen LogP contribution in [0.15, 0.2) is 60.7 Å². The fourth-order valence-electron chi connectivity index (χ4n) is 4.46. The molecule has 30 heavy (non-hydrogen) atoms. The Morgan fingerprint density at radius 1 is 0.967 bits per heavy atom. The number of hydrogen-bond donors (Lipinski definition) is 1. The molecule has 1 aliphatic heterocycles. The van der Waals surface area contributed by atoms with Gasteiger partial charge in [-0.25, -0.2) is 9.78 Å². The number of benzene rings is 2. The van der Waals surface area contributed by atoms with Crippen molar-refractivity contribution in [2.75, 3.05) is 19.0 Å². The lowest BCUT2D eigenvalue weighted by Gasteiger charge is -2.38. The molecule has 0 spiro atoms. The Morgan fingerprint density at radius 2 is 1.67 bits per heavy atom. The Kier molecular flexibility index (Phi) is 4.36. The Bertz CT molecular complexity index is 1100. The van der Waals surface area contributed by atoms with Gasteiger partial charge in [0.05, 0.1) is 23.6 Å². The number of pyridine rings is 1. The van der Waals surface area contributed by atoms with Gasteiger partial charge in [0.15, 0.2) is 0 Å². The zero-order chi connectivity index (χ0) is 20.9. The summed E-state index contributed by atoms with van der Waals surface area (Å²) in [7, 11) is 3.61. The first kappa shape index (κ1) is 18.8. The van der Waals surface area contributed by atoms with E-state index in [4.69, 9.17) is 10.7 Å². The number of amides is 2. The summed E-state index contributed by atoms with van der Waals surface area (Å²) in [6.45, 7) is 0.505. The van der Waals surface area contributed by atoms with Gasteiger partial charge in [-0.05, 0) is 36.5 Å². The maximum absolute atomic E-state index is 12.5. The van der Waals surface area contributed by atoms with Gasteiger partial charge in [0.1, 0.15) is 0 Å². The van der Waals surface area contributed by atoms with E-state index in [9.17, 15) is 4.79 Å². The summed E-state index contributed by atoms with van der Waals surface area (Å²) in [5.74, 6) is 0. The van der Waals surface area contributed by atoms with Crippen molar-refractivity contribution in [3.05, 3.63) is 71.9 Å². The Hall–Kier alpha value is -3.18. The van der Waals surface area contributed by atoms with E-state index in [2.05, 4.69) is 42.5 Å². The van der Waals surface area contributed by atoms with Gasteiger partial charge in [0, 0.05) is 30.8 Å². The summed E-state index contributed by atoms with van der Waals surface area (Å²) in [6, 6.07) is 20.9. The number of hydrogen-bond acceptors (Lipinski definition) is 3. The molecule has 2 aromatic carbocycles. The third-order valence-corrected chi connectivity index (χ3v) is 6.50. The minimum absolute atomic E-state index is 0.0193. The van der Waals surface area contributed by atoms with Crippen molar-refractivity contribution in [2.24, 2.45) is 5.73 Å². The van der Waals surface area contributed by atoms with Crippen LogP contribution >= 0.6 is 0 Å². The van der Waals surface area contributed by atoms with Gasteiger partial charge in [0.25, 0.3) is 0 Å². The van der Waals surface area contributed by atoms with Gasteiger partial charge in [-0.1, -0.05) is 54.6 Å². The van der Waals surface area contributed by atoms with Gasteiger partial charge in [0.2, 0.25) is 0 Å². The highest BCUT2D eigenvalue weighted by Crippen LogP contribution is 2.41. The molecule has 1 aromatic heterocycles. The van der Waals surface area contributed by atoms with Gasteiger partial charge in [-0.3, -0.25) is 4.90 Å². The summed E-state index contributed by atoms with van der Waals surface area (Å²) < 4.78 is 0. The lowest BCUT2D eigenvalue weighted by atomic mass is 9.72. The van der Waals surface area contributed by atoms with Crippen LogP contribution in [0.1, 0.15) is 30.5 Å². The number of carbonyl (C=O) groups excluding carboxylic acids is 1. The second-order valence-corrected chi connectivity index (χ2v) is 8.50. The molecule has 2 heterocycles. The van der Waals surface area contributed by atoms with Gasteiger partial charge < -0.3 is 10.6 Å². The van der Waals surface area contributed by atoms with Crippen LogP contribution in [-0.2, 0) is 12.1 Å². The maximum Gasteiger partial charge on any atom is 0.324 e. The van der Waals surface area contributed by atoms with Gasteiger partial charge in [-0.2, -0.15) is 0 Å². The molecule has 3 aromatic rings. The van der Waals surface area contributed by atoms with Crippen LogP contribution in [0.3, 0.4) is 0 Å². The van der Waals surface area contributed by atoms with Crippen molar-refractivity contribution in [1.29, 1.82) is 0 Å². The van der Waals surface area contributed by atoms with Crippen molar-refractivity contribution in [1.82, 2.24) is 9.88 Å². The number of anilines is 1. The molecule has 0 bridgehead atoms. The molecule has 2 aliphatic rings. The highest BCUT2D eigenvalue weighted by molar-refractivity contribution is 5.96. The van der Waals surface area contributed by atoms with E-state index in [1.54, 1.807) is 16.8 Å². The summed E-state index contributed by atoms with van der Waals surface area (Å²) in [4.78, 5) is 20.9. The van der Waals surface area contributed by atoms with Gasteiger partial charge in [-0.15, -0.1) is 0 Å². The SMILES string of the molecule is CN1Cc2nc(-c3ccc(C4(N)CCC4)cc3)c(-c3ccccc3)cc2N(C)C1=O. The summed E-state index contributed by atoms with van der Waals surface area (Å²) >= 11 is 0. The summed E-state index contributed by atoms with van der Waals surface area (Å²) in [5.41, 5.74) is 13.4. The average Bonchev–Trinajstić information content (AvgIpc) is 2.76. The van der Waals surface area contributed by atoms with E-state index in [0.717, 1.165) is 46.6 Å². The molecule has 152 valence electrons. The molecule has 0 atom stereocenters. The molecule has 2 N–H and O–H groups in total. The van der Waals surface area contributed by atoms with Crippen LogP contribution in [0, 0.1) is 0 Å². The quantitative estimate of drug-likeness (QED) is 0.692. The molecule has 0 radical (unpaired) electrons. The van der Waals surface area contributed by atoms with E-state index in [-0.39, 0.29) is 11.6 Å². The summed E-state index contributed by atoms with van der Waals surface area (Å²) in [6.07, 6.45) is 3.29. The standard InChI is InChI=1S/C25H26N4O/c1-28-16-21-22(29(2)24(28)30)15-20(17-7-4-3-5-8-17)23(27-21)18-9-11-19(12-10-18)25(26)13-6-14-25/h3-5,7-12,15H,6,13-14,16,26H2,1-2H3. The zero-order valence-electron chi connectivity index (χ0n) is 17.4. The Morgan fingerprint density at radius 3 is 2.30 bits per heavy atom. The van der Waals surface area contributed by atoms with Crippen molar-refractivity contribution in [3.8, 4) is 22.4 Å². The minimum atomic E-state index is -0.171. The molecular weight excluding hydrogens is 372 g/mol. The fourth-order valence-corrected chi connectivity index (χ4v) is 4.46. The molecule has 2 amide bonds. The number of nitrogens with two attached hydrogens (primary N) is 1. The molecule has 0 unspecified atom stereocenters. The number of rotatable bonds is 3. The molecule has 5 nitrogen and oxygen atoms in total. The van der Waals surface area contributed by atoms with Crippen molar-refractivity contribution >= 4 is 11.7 Å². The van der Waals surface area contributed by atoms with Crippen LogP contribution in [0.5, 0.6) is 0 Å². The number of aromatic nitrogens is 1. The van der Waals surface area contributed by atoms with E-state index in [0.29, 0.717) is 6.54 Å². The van der Waals surface area contributed by atoms with Crippen molar-refractivity contribution < 1.29 is 4.79 Å². The third kappa shape index (κ3) is 2.97. The smallest absolute Gasteiger partial charge is 0.321 e. The van der Waals surface area contributed by atoms with Crippen molar-refractivity contribution in [2.45, 2.75) is 31.3 Å². The first-order chi connectivity index (χ1) is 14.5. The van der Waals surface area contributed by atoms with Crippen LogP contribution < -0.4 is 10.6 Å². The first-order valence-electron chi connectivity index (χ1n) is 10.4. The number of urea groups is 1. The van der Waals surface area contributed by atoms with E-state index < -0.39 is 0 Å². The molecule has 1 saturated carbocycles. The third-order valence-electron chi connectivity index (χ3n) is 6.50. The zero-order valence-corrected chi connectivity index (χ0v) is 17.4. The van der Waals surface area contributed by atoms with Crippen LogP contribution in [0.4, 0.5) is 10.5 Å². The average molecular weight is 399 g/mol. The Balaban J connectivity index is 1.65.